The Labute approximate surface area is 124 Å². The van der Waals surface area contributed by atoms with E-state index in [-0.39, 0.29) is 5.41 Å². The lowest BCUT2D eigenvalue weighted by Crippen LogP contribution is -2.32. The van der Waals surface area contributed by atoms with Gasteiger partial charge in [0.25, 0.3) is 0 Å². The van der Waals surface area contributed by atoms with Crippen molar-refractivity contribution in [2.75, 3.05) is 13.1 Å². The van der Waals surface area contributed by atoms with E-state index in [1.807, 2.05) is 0 Å². The van der Waals surface area contributed by atoms with Crippen molar-refractivity contribution < 1.29 is 0 Å². The fourth-order valence-electron chi connectivity index (χ4n) is 3.83. The van der Waals surface area contributed by atoms with Crippen LogP contribution in [0.15, 0.2) is 18.2 Å². The SMILES string of the molecule is CC(C)(C)c1ccc2c(c1)CC[C@@H](N1CCCC1)CC2. The van der Waals surface area contributed by atoms with Gasteiger partial charge in [0.2, 0.25) is 0 Å². The third-order valence-electron chi connectivity index (χ3n) is 5.22. The summed E-state index contributed by atoms with van der Waals surface area (Å²) in [6.07, 6.45) is 8.11. The summed E-state index contributed by atoms with van der Waals surface area (Å²) in [6, 6.07) is 8.09. The van der Waals surface area contributed by atoms with Crippen molar-refractivity contribution in [3.63, 3.8) is 0 Å². The van der Waals surface area contributed by atoms with Gasteiger partial charge in [0.1, 0.15) is 0 Å². The molecule has 1 heterocycles. The molecule has 1 aromatic rings. The summed E-state index contributed by atoms with van der Waals surface area (Å²) < 4.78 is 0. The fraction of sp³-hybridized carbons (Fsp3) is 0.684. The summed E-state index contributed by atoms with van der Waals surface area (Å²) in [5.41, 5.74) is 5.00. The van der Waals surface area contributed by atoms with E-state index in [4.69, 9.17) is 0 Å². The van der Waals surface area contributed by atoms with Crippen LogP contribution in [0.25, 0.3) is 0 Å². The highest BCUT2D eigenvalue weighted by atomic mass is 15.2. The van der Waals surface area contributed by atoms with E-state index in [0.29, 0.717) is 0 Å². The first-order valence-corrected chi connectivity index (χ1v) is 8.40. The van der Waals surface area contributed by atoms with Crippen molar-refractivity contribution in [2.24, 2.45) is 0 Å². The number of nitrogens with zero attached hydrogens (tertiary/aromatic N) is 1. The molecule has 0 bridgehead atoms. The molecule has 0 unspecified atom stereocenters. The highest BCUT2D eigenvalue weighted by molar-refractivity contribution is 5.36. The zero-order chi connectivity index (χ0) is 14.2. The van der Waals surface area contributed by atoms with Crippen LogP contribution in [0.1, 0.15) is 63.1 Å². The minimum Gasteiger partial charge on any atom is -0.300 e. The lowest BCUT2D eigenvalue weighted by molar-refractivity contribution is 0.222. The van der Waals surface area contributed by atoms with E-state index in [1.165, 1.54) is 57.2 Å². The number of rotatable bonds is 1. The smallest absolute Gasteiger partial charge is 0.0102 e. The molecule has 1 nitrogen and oxygen atoms in total. The van der Waals surface area contributed by atoms with Crippen molar-refractivity contribution >= 4 is 0 Å². The van der Waals surface area contributed by atoms with Crippen LogP contribution >= 0.6 is 0 Å². The molecule has 0 saturated carbocycles. The summed E-state index contributed by atoms with van der Waals surface area (Å²) in [5.74, 6) is 0. The predicted octanol–water partition coefficient (Wildman–Crippen LogP) is 4.33. The Morgan fingerprint density at radius 1 is 0.950 bits per heavy atom. The fourth-order valence-corrected chi connectivity index (χ4v) is 3.83. The predicted molar refractivity (Wildman–Crippen MR) is 86.4 cm³/mol. The highest BCUT2D eigenvalue weighted by Gasteiger charge is 2.25. The lowest BCUT2D eigenvalue weighted by Gasteiger charge is -2.26. The molecule has 2 aliphatic rings. The molecule has 0 spiro atoms. The summed E-state index contributed by atoms with van der Waals surface area (Å²) in [7, 11) is 0. The number of hydrogen-bond acceptors (Lipinski definition) is 1. The summed E-state index contributed by atoms with van der Waals surface area (Å²) in [4.78, 5) is 2.75. The van der Waals surface area contributed by atoms with Crippen molar-refractivity contribution in [3.8, 4) is 0 Å². The minimum atomic E-state index is 0.274. The maximum atomic E-state index is 2.75. The second-order valence-corrected chi connectivity index (χ2v) is 7.71. The van der Waals surface area contributed by atoms with Crippen LogP contribution in [0, 0.1) is 0 Å². The maximum Gasteiger partial charge on any atom is 0.0102 e. The van der Waals surface area contributed by atoms with E-state index in [0.717, 1.165) is 6.04 Å². The Balaban J connectivity index is 1.76. The number of hydrogen-bond donors (Lipinski definition) is 0. The van der Waals surface area contributed by atoms with Gasteiger partial charge in [0.15, 0.2) is 0 Å². The number of benzene rings is 1. The van der Waals surface area contributed by atoms with Gasteiger partial charge in [0, 0.05) is 6.04 Å². The lowest BCUT2D eigenvalue weighted by atomic mass is 9.84. The van der Waals surface area contributed by atoms with E-state index in [1.54, 1.807) is 11.1 Å². The zero-order valence-corrected chi connectivity index (χ0v) is 13.4. The van der Waals surface area contributed by atoms with Crippen LogP contribution < -0.4 is 0 Å². The number of likely N-dealkylation sites (tertiary alicyclic amines) is 1. The van der Waals surface area contributed by atoms with Gasteiger partial charge < -0.3 is 4.90 Å². The molecule has 1 fully saturated rings. The quantitative estimate of drug-likeness (QED) is 0.687. The molecule has 0 N–H and O–H groups in total. The maximum absolute atomic E-state index is 2.75. The van der Waals surface area contributed by atoms with Gasteiger partial charge in [-0.3, -0.25) is 0 Å². The molecule has 1 saturated heterocycles. The minimum absolute atomic E-state index is 0.274. The summed E-state index contributed by atoms with van der Waals surface area (Å²) in [6.45, 7) is 9.64. The van der Waals surface area contributed by atoms with Gasteiger partial charge in [-0.25, -0.2) is 0 Å². The van der Waals surface area contributed by atoms with Crippen molar-refractivity contribution in [3.05, 3.63) is 34.9 Å². The molecule has 1 aliphatic heterocycles. The molecule has 0 aromatic heterocycles. The Morgan fingerprint density at radius 2 is 1.60 bits per heavy atom. The molecule has 1 aliphatic carbocycles. The Kier molecular flexibility index (Phi) is 3.90. The van der Waals surface area contributed by atoms with E-state index in [9.17, 15) is 0 Å². The first kappa shape index (κ1) is 14.1. The van der Waals surface area contributed by atoms with Crippen LogP contribution in [-0.2, 0) is 18.3 Å². The van der Waals surface area contributed by atoms with E-state index >= 15 is 0 Å². The molecule has 1 heteroatoms. The van der Waals surface area contributed by atoms with Gasteiger partial charge >= 0.3 is 0 Å². The first-order valence-electron chi connectivity index (χ1n) is 8.40. The average molecular weight is 271 g/mol. The second kappa shape index (κ2) is 5.52. The summed E-state index contributed by atoms with van der Waals surface area (Å²) >= 11 is 0. The normalized spacial score (nSPS) is 24.4. The van der Waals surface area contributed by atoms with Crippen LogP contribution in [-0.4, -0.2) is 24.0 Å². The molecule has 110 valence electrons. The zero-order valence-electron chi connectivity index (χ0n) is 13.4. The second-order valence-electron chi connectivity index (χ2n) is 7.71. The van der Waals surface area contributed by atoms with Crippen LogP contribution in [0.5, 0.6) is 0 Å². The average Bonchev–Trinajstić information content (AvgIpc) is 2.84. The third-order valence-corrected chi connectivity index (χ3v) is 5.22. The Morgan fingerprint density at radius 3 is 2.25 bits per heavy atom. The van der Waals surface area contributed by atoms with Crippen LogP contribution in [0.2, 0.25) is 0 Å². The topological polar surface area (TPSA) is 3.24 Å². The van der Waals surface area contributed by atoms with Gasteiger partial charge in [-0.05, 0) is 73.7 Å². The number of aryl methyl sites for hydroxylation is 2. The molecule has 20 heavy (non-hydrogen) atoms. The standard InChI is InChI=1S/C19H29N/c1-19(2,3)17-9-6-15-7-10-18(11-8-16(15)14-17)20-12-4-5-13-20/h6,9,14,18H,4-5,7-8,10-13H2,1-3H3/t18-/m0/s1. The van der Waals surface area contributed by atoms with Gasteiger partial charge in [0.05, 0.1) is 0 Å². The molecular weight excluding hydrogens is 242 g/mol. The highest BCUT2D eigenvalue weighted by Crippen LogP contribution is 2.30. The van der Waals surface area contributed by atoms with Crippen molar-refractivity contribution in [2.45, 2.75) is 70.8 Å². The Hall–Kier alpha value is -0.820. The molecular formula is C19H29N. The molecule has 0 radical (unpaired) electrons. The van der Waals surface area contributed by atoms with Gasteiger partial charge in [-0.15, -0.1) is 0 Å². The molecule has 1 atom stereocenters. The molecule has 0 amide bonds. The van der Waals surface area contributed by atoms with Gasteiger partial charge in [-0.2, -0.15) is 0 Å². The molecule has 1 aromatic carbocycles. The van der Waals surface area contributed by atoms with Crippen molar-refractivity contribution in [1.29, 1.82) is 0 Å². The summed E-state index contributed by atoms with van der Waals surface area (Å²) in [5, 5.41) is 0. The van der Waals surface area contributed by atoms with E-state index in [2.05, 4.69) is 43.9 Å². The van der Waals surface area contributed by atoms with Crippen LogP contribution in [0.4, 0.5) is 0 Å². The van der Waals surface area contributed by atoms with Gasteiger partial charge in [-0.1, -0.05) is 39.0 Å². The molecule has 3 rings (SSSR count). The first-order chi connectivity index (χ1) is 9.54. The third kappa shape index (κ3) is 2.93. The van der Waals surface area contributed by atoms with Crippen LogP contribution in [0.3, 0.4) is 0 Å². The Bertz CT molecular complexity index is 463. The van der Waals surface area contributed by atoms with Crippen molar-refractivity contribution in [1.82, 2.24) is 4.90 Å². The largest absolute Gasteiger partial charge is 0.300 e. The number of fused-ring (bicyclic) bond motifs is 1. The monoisotopic (exact) mass is 271 g/mol. The van der Waals surface area contributed by atoms with E-state index < -0.39 is 0 Å².